The van der Waals surface area contributed by atoms with Gasteiger partial charge in [0.15, 0.2) is 5.78 Å². The monoisotopic (exact) mass is 278 g/mol. The maximum absolute atomic E-state index is 11.3. The number of Topliss-reactive ketones (excluding diaryl/α,β-unsaturated/α-hetero) is 1. The predicted octanol–water partition coefficient (Wildman–Crippen LogP) is 1.85. The molecule has 0 spiro atoms. The van der Waals surface area contributed by atoms with Crippen LogP contribution >= 0.6 is 0 Å². The van der Waals surface area contributed by atoms with Crippen LogP contribution in [0.4, 0.5) is 11.4 Å². The summed E-state index contributed by atoms with van der Waals surface area (Å²) in [7, 11) is 0. The van der Waals surface area contributed by atoms with Crippen molar-refractivity contribution in [2.45, 2.75) is 25.8 Å². The Morgan fingerprint density at radius 3 is 2.70 bits per heavy atom. The zero-order valence-corrected chi connectivity index (χ0v) is 10.9. The summed E-state index contributed by atoms with van der Waals surface area (Å²) in [5.41, 5.74) is 0.266. The molecule has 7 nitrogen and oxygen atoms in total. The first-order valence-electron chi connectivity index (χ1n) is 6.20. The highest BCUT2D eigenvalue weighted by molar-refractivity contribution is 5.95. The van der Waals surface area contributed by atoms with E-state index >= 15 is 0 Å². The van der Waals surface area contributed by atoms with Crippen molar-refractivity contribution in [1.29, 1.82) is 0 Å². The van der Waals surface area contributed by atoms with Gasteiger partial charge in [0.25, 0.3) is 5.69 Å². The molecule has 1 aliphatic heterocycles. The molecule has 1 aromatic carbocycles. The number of aliphatic carboxylic acids is 1. The molecular weight excluding hydrogens is 264 g/mol. The van der Waals surface area contributed by atoms with Gasteiger partial charge in [-0.25, -0.2) is 4.79 Å². The van der Waals surface area contributed by atoms with Crippen molar-refractivity contribution in [3.63, 3.8) is 0 Å². The molecule has 1 N–H and O–H groups in total. The number of carbonyl (C=O) groups is 2. The van der Waals surface area contributed by atoms with Crippen LogP contribution in [-0.4, -0.2) is 34.4 Å². The van der Waals surface area contributed by atoms with Crippen LogP contribution in [-0.2, 0) is 4.79 Å². The average molecular weight is 278 g/mol. The van der Waals surface area contributed by atoms with E-state index in [0.29, 0.717) is 19.4 Å². The largest absolute Gasteiger partial charge is 0.480 e. The first-order chi connectivity index (χ1) is 9.41. The van der Waals surface area contributed by atoms with Gasteiger partial charge in [-0.05, 0) is 31.9 Å². The van der Waals surface area contributed by atoms with Crippen molar-refractivity contribution in [3.05, 3.63) is 33.9 Å². The second-order valence-corrected chi connectivity index (χ2v) is 4.71. The van der Waals surface area contributed by atoms with E-state index in [-0.39, 0.29) is 22.7 Å². The van der Waals surface area contributed by atoms with Crippen molar-refractivity contribution in [2.24, 2.45) is 0 Å². The lowest BCUT2D eigenvalue weighted by Crippen LogP contribution is -2.36. The van der Waals surface area contributed by atoms with Crippen molar-refractivity contribution in [3.8, 4) is 0 Å². The molecule has 1 fully saturated rings. The van der Waals surface area contributed by atoms with E-state index in [9.17, 15) is 19.7 Å². The molecule has 106 valence electrons. The van der Waals surface area contributed by atoms with Crippen molar-refractivity contribution < 1.29 is 19.6 Å². The molecule has 0 bridgehead atoms. The van der Waals surface area contributed by atoms with Gasteiger partial charge >= 0.3 is 5.97 Å². The number of nitrogens with zero attached hydrogens (tertiary/aromatic N) is 2. The second-order valence-electron chi connectivity index (χ2n) is 4.71. The van der Waals surface area contributed by atoms with E-state index in [4.69, 9.17) is 5.11 Å². The standard InChI is InChI=1S/C13H14N2O5/c1-8(16)9-4-5-10(12(7-9)15(19)20)14-6-2-3-11(14)13(17)18/h4-5,7,11H,2-3,6H2,1H3,(H,17,18). The van der Waals surface area contributed by atoms with Gasteiger partial charge < -0.3 is 10.0 Å². The lowest BCUT2D eigenvalue weighted by Gasteiger charge is -2.23. The molecule has 1 aromatic rings. The van der Waals surface area contributed by atoms with E-state index < -0.39 is 16.9 Å². The van der Waals surface area contributed by atoms with Crippen LogP contribution in [0.25, 0.3) is 0 Å². The minimum atomic E-state index is -0.993. The summed E-state index contributed by atoms with van der Waals surface area (Å²) in [6, 6.07) is 3.39. The third-order valence-electron chi connectivity index (χ3n) is 3.43. The van der Waals surface area contributed by atoms with Crippen LogP contribution in [0.1, 0.15) is 30.1 Å². The average Bonchev–Trinajstić information content (AvgIpc) is 2.86. The van der Waals surface area contributed by atoms with Crippen molar-refractivity contribution >= 4 is 23.1 Å². The summed E-state index contributed by atoms with van der Waals surface area (Å²) in [5, 5.41) is 20.3. The molecule has 0 aromatic heterocycles. The highest BCUT2D eigenvalue weighted by atomic mass is 16.6. The second kappa shape index (κ2) is 5.28. The van der Waals surface area contributed by atoms with Crippen molar-refractivity contribution in [2.75, 3.05) is 11.4 Å². The molecule has 0 radical (unpaired) electrons. The Morgan fingerprint density at radius 2 is 2.15 bits per heavy atom. The lowest BCUT2D eigenvalue weighted by molar-refractivity contribution is -0.384. The summed E-state index contributed by atoms with van der Waals surface area (Å²) in [6.45, 7) is 1.78. The minimum Gasteiger partial charge on any atom is -0.480 e. The van der Waals surface area contributed by atoms with E-state index in [1.54, 1.807) is 0 Å². The third-order valence-corrected chi connectivity index (χ3v) is 3.43. The summed E-state index contributed by atoms with van der Waals surface area (Å²) in [5.74, 6) is -1.26. The van der Waals surface area contributed by atoms with Gasteiger partial charge in [-0.15, -0.1) is 0 Å². The lowest BCUT2D eigenvalue weighted by atomic mass is 10.1. The number of anilines is 1. The Kier molecular flexibility index (Phi) is 3.69. The van der Waals surface area contributed by atoms with E-state index in [1.807, 2.05) is 0 Å². The maximum Gasteiger partial charge on any atom is 0.326 e. The van der Waals surface area contributed by atoms with Gasteiger partial charge in [0.1, 0.15) is 11.7 Å². The van der Waals surface area contributed by atoms with Gasteiger partial charge in [-0.1, -0.05) is 0 Å². The molecular formula is C13H14N2O5. The summed E-state index contributed by atoms with van der Waals surface area (Å²) in [4.78, 5) is 34.6. The fraction of sp³-hybridized carbons (Fsp3) is 0.385. The number of carbonyl (C=O) groups excluding carboxylic acids is 1. The van der Waals surface area contributed by atoms with Gasteiger partial charge in [0, 0.05) is 18.2 Å². The number of hydrogen-bond donors (Lipinski definition) is 1. The fourth-order valence-corrected chi connectivity index (χ4v) is 2.44. The van der Waals surface area contributed by atoms with Gasteiger partial charge in [0.2, 0.25) is 0 Å². The Balaban J connectivity index is 2.48. The Hall–Kier alpha value is -2.44. The number of nitro benzene ring substituents is 1. The molecule has 1 aliphatic rings. The highest BCUT2D eigenvalue weighted by Crippen LogP contribution is 2.34. The smallest absolute Gasteiger partial charge is 0.326 e. The normalized spacial score (nSPS) is 18.1. The van der Waals surface area contributed by atoms with Crippen molar-refractivity contribution in [1.82, 2.24) is 0 Å². The number of ketones is 1. The van der Waals surface area contributed by atoms with Gasteiger partial charge in [0.05, 0.1) is 4.92 Å². The van der Waals surface area contributed by atoms with Gasteiger partial charge in [-0.3, -0.25) is 14.9 Å². The van der Waals surface area contributed by atoms with Crippen LogP contribution < -0.4 is 4.90 Å². The molecule has 7 heteroatoms. The van der Waals surface area contributed by atoms with Crippen LogP contribution in [0, 0.1) is 10.1 Å². The maximum atomic E-state index is 11.3. The summed E-state index contributed by atoms with van der Waals surface area (Å²) in [6.07, 6.45) is 1.13. The first kappa shape index (κ1) is 14.0. The minimum absolute atomic E-state index is 0.231. The quantitative estimate of drug-likeness (QED) is 0.512. The van der Waals surface area contributed by atoms with Crippen LogP contribution in [0.5, 0.6) is 0 Å². The molecule has 1 heterocycles. The topological polar surface area (TPSA) is 101 Å². The number of nitro groups is 1. The molecule has 0 amide bonds. The molecule has 1 unspecified atom stereocenters. The molecule has 0 saturated carbocycles. The van der Waals surface area contributed by atoms with E-state index in [0.717, 1.165) is 0 Å². The van der Waals surface area contributed by atoms with E-state index in [1.165, 1.54) is 30.0 Å². The zero-order chi connectivity index (χ0) is 14.9. The van der Waals surface area contributed by atoms with Crippen LogP contribution in [0.15, 0.2) is 18.2 Å². The first-order valence-corrected chi connectivity index (χ1v) is 6.20. The molecule has 1 saturated heterocycles. The molecule has 1 atom stereocenters. The predicted molar refractivity (Wildman–Crippen MR) is 71.1 cm³/mol. The Bertz CT molecular complexity index is 584. The number of carboxylic acid groups (broad SMARTS) is 1. The molecule has 0 aliphatic carbocycles. The zero-order valence-electron chi connectivity index (χ0n) is 10.9. The Morgan fingerprint density at radius 1 is 1.45 bits per heavy atom. The summed E-state index contributed by atoms with van der Waals surface area (Å²) >= 11 is 0. The number of carboxylic acids is 1. The number of benzene rings is 1. The van der Waals surface area contributed by atoms with Crippen LogP contribution in [0.2, 0.25) is 0 Å². The SMILES string of the molecule is CC(=O)c1ccc(N2CCCC2C(=O)O)c([N+](=O)[O-])c1. The van der Waals surface area contributed by atoms with E-state index in [2.05, 4.69) is 0 Å². The highest BCUT2D eigenvalue weighted by Gasteiger charge is 2.34. The Labute approximate surface area is 115 Å². The molecule has 20 heavy (non-hydrogen) atoms. The summed E-state index contributed by atoms with van der Waals surface area (Å²) < 4.78 is 0. The third kappa shape index (κ3) is 2.47. The van der Waals surface area contributed by atoms with Crippen LogP contribution in [0.3, 0.4) is 0 Å². The van der Waals surface area contributed by atoms with Gasteiger partial charge in [-0.2, -0.15) is 0 Å². The molecule has 2 rings (SSSR count). The fourth-order valence-electron chi connectivity index (χ4n) is 2.44. The number of rotatable bonds is 4. The number of hydrogen-bond acceptors (Lipinski definition) is 5.